The lowest BCUT2D eigenvalue weighted by atomic mass is 10.2. The fourth-order valence-corrected chi connectivity index (χ4v) is 3.16. The highest BCUT2D eigenvalue weighted by molar-refractivity contribution is 8.23. The van der Waals surface area contributed by atoms with Gasteiger partial charge in [-0.1, -0.05) is 36.8 Å². The minimum atomic E-state index is -0.0387. The molecule has 0 aromatic heterocycles. The van der Waals surface area contributed by atoms with E-state index >= 15 is 0 Å². The summed E-state index contributed by atoms with van der Waals surface area (Å²) in [4.78, 5) is 26.9. The van der Waals surface area contributed by atoms with Gasteiger partial charge in [-0.25, -0.2) is 0 Å². The van der Waals surface area contributed by atoms with Crippen molar-refractivity contribution in [2.45, 2.75) is 25.7 Å². The Kier molecular flexibility index (Phi) is 4.39. The third-order valence-corrected chi connectivity index (χ3v) is 4.53. The summed E-state index contributed by atoms with van der Waals surface area (Å²) in [6.45, 7) is 1.77. The third kappa shape index (κ3) is 3.19. The number of thiocarbonyl (C=S) groups is 1. The molecule has 2 heterocycles. The normalized spacial score (nSPS) is 21.9. The molecule has 0 aromatic carbocycles. The van der Waals surface area contributed by atoms with E-state index in [0.29, 0.717) is 10.1 Å². The molecule has 0 spiro atoms. The van der Waals surface area contributed by atoms with E-state index in [-0.39, 0.29) is 18.4 Å². The number of hydrogen-bond acceptors (Lipinski definition) is 4. The molecule has 2 saturated heterocycles. The first kappa shape index (κ1) is 12.8. The van der Waals surface area contributed by atoms with E-state index in [1.165, 1.54) is 29.5 Å². The van der Waals surface area contributed by atoms with Crippen molar-refractivity contribution >= 4 is 40.1 Å². The van der Waals surface area contributed by atoms with E-state index in [2.05, 4.69) is 0 Å². The average molecular weight is 272 g/mol. The van der Waals surface area contributed by atoms with E-state index in [1.54, 1.807) is 0 Å². The molecule has 0 unspecified atom stereocenters. The maximum atomic E-state index is 12.1. The molecule has 0 aliphatic carbocycles. The minimum Gasteiger partial charge on any atom is -0.341 e. The topological polar surface area (TPSA) is 40.6 Å². The molecule has 0 radical (unpaired) electrons. The van der Waals surface area contributed by atoms with Crippen LogP contribution in [-0.2, 0) is 9.59 Å². The summed E-state index contributed by atoms with van der Waals surface area (Å²) in [5, 5.41) is 0. The predicted octanol–water partition coefficient (Wildman–Crippen LogP) is 1.25. The van der Waals surface area contributed by atoms with Crippen molar-refractivity contribution in [2.75, 3.05) is 25.4 Å². The number of amides is 2. The lowest BCUT2D eigenvalue weighted by Crippen LogP contribution is -2.42. The van der Waals surface area contributed by atoms with Crippen LogP contribution in [0.2, 0.25) is 0 Å². The van der Waals surface area contributed by atoms with E-state index in [4.69, 9.17) is 12.2 Å². The Labute approximate surface area is 111 Å². The van der Waals surface area contributed by atoms with Crippen molar-refractivity contribution < 1.29 is 9.59 Å². The number of carbonyl (C=O) groups is 2. The molecule has 0 aromatic rings. The number of likely N-dealkylation sites (tertiary alicyclic amines) is 1. The zero-order valence-corrected chi connectivity index (χ0v) is 11.3. The lowest BCUT2D eigenvalue weighted by Gasteiger charge is -2.23. The average Bonchev–Trinajstić information content (AvgIpc) is 2.59. The van der Waals surface area contributed by atoms with E-state index in [1.807, 2.05) is 4.90 Å². The Balaban J connectivity index is 1.91. The Morgan fingerprint density at radius 2 is 1.88 bits per heavy atom. The van der Waals surface area contributed by atoms with Gasteiger partial charge in [-0.05, 0) is 12.8 Å². The molecular formula is C11H16N2O2S2. The van der Waals surface area contributed by atoms with Gasteiger partial charge in [0.05, 0.1) is 5.75 Å². The Morgan fingerprint density at radius 1 is 1.24 bits per heavy atom. The van der Waals surface area contributed by atoms with Gasteiger partial charge in [-0.2, -0.15) is 0 Å². The number of nitrogens with zero attached hydrogens (tertiary/aromatic N) is 2. The summed E-state index contributed by atoms with van der Waals surface area (Å²) in [6.07, 6.45) is 4.53. The molecule has 2 aliphatic heterocycles. The summed E-state index contributed by atoms with van der Waals surface area (Å²) >= 11 is 6.40. The second-order valence-corrected chi connectivity index (χ2v) is 5.94. The number of thioether (sulfide) groups is 1. The van der Waals surface area contributed by atoms with Crippen LogP contribution in [-0.4, -0.2) is 51.3 Å². The zero-order valence-electron chi connectivity index (χ0n) is 9.68. The van der Waals surface area contributed by atoms with Gasteiger partial charge in [0.1, 0.15) is 10.9 Å². The summed E-state index contributed by atoms with van der Waals surface area (Å²) < 4.78 is 0.540. The van der Waals surface area contributed by atoms with Gasteiger partial charge in [0, 0.05) is 13.1 Å². The fourth-order valence-electron chi connectivity index (χ4n) is 2.09. The summed E-state index contributed by atoms with van der Waals surface area (Å²) in [5.41, 5.74) is 0. The number of hydrogen-bond donors (Lipinski definition) is 0. The van der Waals surface area contributed by atoms with Gasteiger partial charge >= 0.3 is 0 Å². The van der Waals surface area contributed by atoms with Crippen LogP contribution in [0.25, 0.3) is 0 Å². The van der Waals surface area contributed by atoms with Crippen molar-refractivity contribution in [3.05, 3.63) is 0 Å². The van der Waals surface area contributed by atoms with E-state index < -0.39 is 0 Å². The van der Waals surface area contributed by atoms with Crippen LogP contribution >= 0.6 is 24.0 Å². The SMILES string of the molecule is O=C(CN1C(=O)CSC1=S)N1CCCCCC1. The molecule has 0 N–H and O–H groups in total. The predicted molar refractivity (Wildman–Crippen MR) is 71.8 cm³/mol. The van der Waals surface area contributed by atoms with Crippen LogP contribution in [0, 0.1) is 0 Å². The van der Waals surface area contributed by atoms with Crippen LogP contribution in [0.4, 0.5) is 0 Å². The van der Waals surface area contributed by atoms with Gasteiger partial charge in [0.15, 0.2) is 0 Å². The second-order valence-electron chi connectivity index (χ2n) is 4.33. The van der Waals surface area contributed by atoms with Crippen molar-refractivity contribution in [2.24, 2.45) is 0 Å². The van der Waals surface area contributed by atoms with Crippen LogP contribution in [0.3, 0.4) is 0 Å². The molecule has 0 atom stereocenters. The highest BCUT2D eigenvalue weighted by atomic mass is 32.2. The fraction of sp³-hybridized carbons (Fsp3) is 0.727. The van der Waals surface area contributed by atoms with Crippen molar-refractivity contribution in [3.8, 4) is 0 Å². The van der Waals surface area contributed by atoms with Crippen LogP contribution in [0.15, 0.2) is 0 Å². The molecule has 2 amide bonds. The minimum absolute atomic E-state index is 0.0325. The first-order valence-corrected chi connectivity index (χ1v) is 7.33. The lowest BCUT2D eigenvalue weighted by molar-refractivity contribution is -0.135. The molecule has 4 nitrogen and oxygen atoms in total. The summed E-state index contributed by atoms with van der Waals surface area (Å²) in [7, 11) is 0. The van der Waals surface area contributed by atoms with Gasteiger partial charge in [0.25, 0.3) is 0 Å². The first-order valence-electron chi connectivity index (χ1n) is 5.93. The second kappa shape index (κ2) is 5.82. The van der Waals surface area contributed by atoms with Gasteiger partial charge in [0.2, 0.25) is 11.8 Å². The van der Waals surface area contributed by atoms with Gasteiger partial charge in [-0.3, -0.25) is 14.5 Å². The van der Waals surface area contributed by atoms with Crippen LogP contribution < -0.4 is 0 Å². The molecule has 2 fully saturated rings. The molecule has 6 heteroatoms. The van der Waals surface area contributed by atoms with Crippen LogP contribution in [0.5, 0.6) is 0 Å². The van der Waals surface area contributed by atoms with Crippen LogP contribution in [0.1, 0.15) is 25.7 Å². The maximum absolute atomic E-state index is 12.1. The van der Waals surface area contributed by atoms with E-state index in [9.17, 15) is 9.59 Å². The standard InChI is InChI=1S/C11H16N2O2S2/c14-9(12-5-3-1-2-4-6-12)7-13-10(15)8-17-11(13)16/h1-8H2. The third-order valence-electron chi connectivity index (χ3n) is 3.09. The molecule has 17 heavy (non-hydrogen) atoms. The molecule has 0 bridgehead atoms. The molecule has 2 aliphatic rings. The summed E-state index contributed by atoms with van der Waals surface area (Å²) in [5.74, 6) is 0.375. The van der Waals surface area contributed by atoms with Crippen molar-refractivity contribution in [1.82, 2.24) is 9.80 Å². The monoisotopic (exact) mass is 272 g/mol. The highest BCUT2D eigenvalue weighted by Gasteiger charge is 2.29. The molecular weight excluding hydrogens is 256 g/mol. The number of carbonyl (C=O) groups excluding carboxylic acids is 2. The molecule has 94 valence electrons. The molecule has 2 rings (SSSR count). The maximum Gasteiger partial charge on any atom is 0.242 e. The zero-order chi connectivity index (χ0) is 12.3. The van der Waals surface area contributed by atoms with Crippen molar-refractivity contribution in [3.63, 3.8) is 0 Å². The smallest absolute Gasteiger partial charge is 0.242 e. The molecule has 0 saturated carbocycles. The largest absolute Gasteiger partial charge is 0.341 e. The highest BCUT2D eigenvalue weighted by Crippen LogP contribution is 2.19. The summed E-state index contributed by atoms with van der Waals surface area (Å²) in [6, 6.07) is 0. The van der Waals surface area contributed by atoms with Gasteiger partial charge in [-0.15, -0.1) is 0 Å². The Morgan fingerprint density at radius 3 is 2.41 bits per heavy atom. The van der Waals surface area contributed by atoms with Gasteiger partial charge < -0.3 is 4.90 Å². The van der Waals surface area contributed by atoms with E-state index in [0.717, 1.165) is 25.9 Å². The quantitative estimate of drug-likeness (QED) is 0.709. The first-order chi connectivity index (χ1) is 8.18. The number of rotatable bonds is 2. The van der Waals surface area contributed by atoms with Crippen molar-refractivity contribution in [1.29, 1.82) is 0 Å². The Hall–Kier alpha value is -0.620. The Bertz CT molecular complexity index is 322.